The minimum absolute atomic E-state index is 0.0654. The number of anilines is 1. The van der Waals surface area contributed by atoms with Crippen molar-refractivity contribution in [3.63, 3.8) is 0 Å². The minimum Gasteiger partial charge on any atom is -0.442 e. The molecule has 1 N–H and O–H groups in total. The molecular weight excluding hydrogens is 344 g/mol. The number of aromatic nitrogens is 4. The molecule has 1 aliphatic rings. The molecule has 0 saturated heterocycles. The van der Waals surface area contributed by atoms with Crippen LogP contribution in [0.15, 0.2) is 23.1 Å². The Morgan fingerprint density at radius 1 is 1.22 bits per heavy atom. The highest BCUT2D eigenvalue weighted by molar-refractivity contribution is 6.10. The van der Waals surface area contributed by atoms with Gasteiger partial charge in [0.05, 0.1) is 17.5 Å². The summed E-state index contributed by atoms with van der Waals surface area (Å²) in [5, 5.41) is 3.52. The van der Waals surface area contributed by atoms with Crippen molar-refractivity contribution in [2.24, 2.45) is 0 Å². The van der Waals surface area contributed by atoms with Gasteiger partial charge in [-0.1, -0.05) is 0 Å². The largest absolute Gasteiger partial charge is 0.442 e. The number of fused-ring (bicyclic) bond motifs is 1. The van der Waals surface area contributed by atoms with Crippen molar-refractivity contribution in [3.05, 3.63) is 41.4 Å². The molecule has 27 heavy (non-hydrogen) atoms. The Hall–Kier alpha value is -3.03. The molecule has 1 fully saturated rings. The lowest BCUT2D eigenvalue weighted by Gasteiger charge is -2.26. The number of hydrogen-bond donors (Lipinski definition) is 1. The molecule has 8 nitrogen and oxygen atoms in total. The average Bonchev–Trinajstić information content (AvgIpc) is 3.31. The molecule has 1 saturated carbocycles. The zero-order valence-corrected chi connectivity index (χ0v) is 15.9. The third kappa shape index (κ3) is 3.11. The molecule has 0 atom stereocenters. The molecule has 0 aromatic carbocycles. The van der Waals surface area contributed by atoms with Gasteiger partial charge in [-0.2, -0.15) is 0 Å². The number of nitrogens with zero attached hydrogens (tertiary/aromatic N) is 5. The van der Waals surface area contributed by atoms with E-state index >= 15 is 0 Å². The van der Waals surface area contributed by atoms with Crippen LogP contribution in [0.25, 0.3) is 11.1 Å². The van der Waals surface area contributed by atoms with Crippen molar-refractivity contribution in [1.82, 2.24) is 25.3 Å². The van der Waals surface area contributed by atoms with E-state index in [1.54, 1.807) is 19.3 Å². The Morgan fingerprint density at radius 3 is 2.59 bits per heavy atom. The number of carbonyl (C=O) groups is 1. The van der Waals surface area contributed by atoms with Gasteiger partial charge < -0.3 is 14.6 Å². The van der Waals surface area contributed by atoms with Gasteiger partial charge in [-0.05, 0) is 39.2 Å². The number of carbonyl (C=O) groups excluding carboxylic acids is 1. The zero-order valence-electron chi connectivity index (χ0n) is 15.9. The zero-order chi connectivity index (χ0) is 19.2. The van der Waals surface area contributed by atoms with E-state index in [2.05, 4.69) is 37.1 Å². The summed E-state index contributed by atoms with van der Waals surface area (Å²) in [5.74, 6) is 1.54. The first-order valence-corrected chi connectivity index (χ1v) is 8.93. The molecule has 0 unspecified atom stereocenters. The molecule has 3 aromatic rings. The van der Waals surface area contributed by atoms with E-state index in [1.807, 2.05) is 14.0 Å². The van der Waals surface area contributed by atoms with Gasteiger partial charge in [0.2, 0.25) is 5.71 Å². The van der Waals surface area contributed by atoms with Crippen LogP contribution < -0.4 is 10.2 Å². The summed E-state index contributed by atoms with van der Waals surface area (Å²) in [6.45, 7) is 6.10. The van der Waals surface area contributed by atoms with Gasteiger partial charge in [0.15, 0.2) is 0 Å². The number of rotatable bonds is 5. The van der Waals surface area contributed by atoms with Crippen LogP contribution >= 0.6 is 0 Å². The highest BCUT2D eigenvalue weighted by atomic mass is 16.3. The lowest BCUT2D eigenvalue weighted by atomic mass is 10.1. The van der Waals surface area contributed by atoms with Crippen LogP contribution in [0.4, 0.5) is 5.82 Å². The van der Waals surface area contributed by atoms with Gasteiger partial charge in [-0.25, -0.2) is 19.9 Å². The summed E-state index contributed by atoms with van der Waals surface area (Å²) in [6, 6.07) is 0. The SMILES string of the molecule is Cc1cnc(CNC(=O)c2c(C)oc3ncnc(N(C)C4(C)CC4)c23)nc1. The third-order valence-electron chi connectivity index (χ3n) is 5.21. The monoisotopic (exact) mass is 366 g/mol. The van der Waals surface area contributed by atoms with E-state index in [-0.39, 0.29) is 18.0 Å². The summed E-state index contributed by atoms with van der Waals surface area (Å²) in [4.78, 5) is 32.1. The van der Waals surface area contributed by atoms with Crippen molar-refractivity contribution in [2.45, 2.75) is 45.7 Å². The Kier molecular flexibility index (Phi) is 4.05. The van der Waals surface area contributed by atoms with Crippen LogP contribution in [-0.4, -0.2) is 38.4 Å². The number of amides is 1. The van der Waals surface area contributed by atoms with Gasteiger partial charge in [0.25, 0.3) is 5.91 Å². The van der Waals surface area contributed by atoms with E-state index in [4.69, 9.17) is 4.42 Å². The summed E-state index contributed by atoms with van der Waals surface area (Å²) in [5.41, 5.74) is 1.92. The van der Waals surface area contributed by atoms with E-state index in [0.717, 1.165) is 18.4 Å². The van der Waals surface area contributed by atoms with Crippen molar-refractivity contribution in [3.8, 4) is 0 Å². The molecule has 3 heterocycles. The van der Waals surface area contributed by atoms with E-state index in [1.165, 1.54) is 6.33 Å². The van der Waals surface area contributed by atoms with Gasteiger partial charge >= 0.3 is 0 Å². The molecule has 140 valence electrons. The highest BCUT2D eigenvalue weighted by Gasteiger charge is 2.43. The fraction of sp³-hybridized carbons (Fsp3) is 0.421. The maximum absolute atomic E-state index is 12.9. The summed E-state index contributed by atoms with van der Waals surface area (Å²) in [7, 11) is 2.00. The first-order valence-electron chi connectivity index (χ1n) is 8.93. The third-order valence-corrected chi connectivity index (χ3v) is 5.21. The second-order valence-electron chi connectivity index (χ2n) is 7.33. The molecule has 4 rings (SSSR count). The van der Waals surface area contributed by atoms with Crippen LogP contribution in [-0.2, 0) is 6.54 Å². The molecule has 0 spiro atoms. The summed E-state index contributed by atoms with van der Waals surface area (Å²) < 4.78 is 5.74. The van der Waals surface area contributed by atoms with Crippen LogP contribution in [0.3, 0.4) is 0 Å². The van der Waals surface area contributed by atoms with Gasteiger partial charge in [0.1, 0.15) is 23.7 Å². The maximum Gasteiger partial charge on any atom is 0.256 e. The predicted molar refractivity (Wildman–Crippen MR) is 101 cm³/mol. The number of aryl methyl sites for hydroxylation is 2. The molecular formula is C19H22N6O2. The lowest BCUT2D eigenvalue weighted by Crippen LogP contribution is -2.32. The molecule has 8 heteroatoms. The van der Waals surface area contributed by atoms with Gasteiger partial charge in [-0.15, -0.1) is 0 Å². The molecule has 0 bridgehead atoms. The quantitative estimate of drug-likeness (QED) is 0.741. The second-order valence-corrected chi connectivity index (χ2v) is 7.33. The highest BCUT2D eigenvalue weighted by Crippen LogP contribution is 2.44. The maximum atomic E-state index is 12.9. The molecule has 0 radical (unpaired) electrons. The minimum atomic E-state index is -0.249. The topological polar surface area (TPSA) is 97.0 Å². The Balaban J connectivity index is 1.67. The lowest BCUT2D eigenvalue weighted by molar-refractivity contribution is 0.0949. The van der Waals surface area contributed by atoms with Gasteiger partial charge in [0, 0.05) is 25.0 Å². The van der Waals surface area contributed by atoms with Crippen LogP contribution in [0.5, 0.6) is 0 Å². The van der Waals surface area contributed by atoms with E-state index in [0.29, 0.717) is 34.1 Å². The van der Waals surface area contributed by atoms with Crippen molar-refractivity contribution in [2.75, 3.05) is 11.9 Å². The molecule has 3 aromatic heterocycles. The standard InChI is InChI=1S/C19H22N6O2/c1-11-7-20-13(21-8-11)9-22-17(26)14-12(2)27-18-15(14)16(23-10-24-18)25(4)19(3)5-6-19/h7-8,10H,5-6,9H2,1-4H3,(H,22,26). The number of nitrogens with one attached hydrogen (secondary N) is 1. The molecule has 1 aliphatic carbocycles. The smallest absolute Gasteiger partial charge is 0.256 e. The Morgan fingerprint density at radius 2 is 1.93 bits per heavy atom. The van der Waals surface area contributed by atoms with Crippen LogP contribution in [0, 0.1) is 13.8 Å². The molecule has 0 aliphatic heterocycles. The summed E-state index contributed by atoms with van der Waals surface area (Å²) >= 11 is 0. The van der Waals surface area contributed by atoms with Crippen LogP contribution in [0.1, 0.15) is 47.3 Å². The summed E-state index contributed by atoms with van der Waals surface area (Å²) in [6.07, 6.45) is 7.12. The van der Waals surface area contributed by atoms with Gasteiger partial charge in [-0.3, -0.25) is 4.79 Å². The Bertz CT molecular complexity index is 1010. The normalized spacial score (nSPS) is 15.0. The van der Waals surface area contributed by atoms with E-state index in [9.17, 15) is 4.79 Å². The predicted octanol–water partition coefficient (Wildman–Crippen LogP) is 2.55. The fourth-order valence-corrected chi connectivity index (χ4v) is 3.09. The fourth-order valence-electron chi connectivity index (χ4n) is 3.09. The Labute approximate surface area is 157 Å². The first-order chi connectivity index (χ1) is 12.9. The second kappa shape index (κ2) is 6.29. The van der Waals surface area contributed by atoms with Crippen molar-refractivity contribution < 1.29 is 9.21 Å². The van der Waals surface area contributed by atoms with Crippen molar-refractivity contribution in [1.29, 1.82) is 0 Å². The number of hydrogen-bond acceptors (Lipinski definition) is 7. The van der Waals surface area contributed by atoms with Crippen LogP contribution in [0.2, 0.25) is 0 Å². The first kappa shape index (κ1) is 17.4. The van der Waals surface area contributed by atoms with Crippen molar-refractivity contribution >= 4 is 22.8 Å². The number of furan rings is 1. The van der Waals surface area contributed by atoms with E-state index < -0.39 is 0 Å². The molecule has 1 amide bonds. The average molecular weight is 366 g/mol.